The zero-order valence-corrected chi connectivity index (χ0v) is 15.5. The first-order valence-corrected chi connectivity index (χ1v) is 8.55. The van der Waals surface area contributed by atoms with E-state index >= 15 is 0 Å². The van der Waals surface area contributed by atoms with Gasteiger partial charge in [0.15, 0.2) is 0 Å². The second-order valence-corrected chi connectivity index (χ2v) is 6.13. The first kappa shape index (κ1) is 18.4. The predicted octanol–water partition coefficient (Wildman–Crippen LogP) is 4.08. The number of hydrogen-bond acceptors (Lipinski definition) is 5. The lowest BCUT2D eigenvalue weighted by Crippen LogP contribution is -2.14. The molecule has 0 spiro atoms. The smallest absolute Gasteiger partial charge is 0.322 e. The van der Waals surface area contributed by atoms with Crippen molar-refractivity contribution in [1.82, 2.24) is 9.97 Å². The molecule has 1 aromatic heterocycles. The Morgan fingerprint density at radius 3 is 2.11 bits per heavy atom. The molecule has 6 nitrogen and oxygen atoms in total. The van der Waals surface area contributed by atoms with Crippen LogP contribution in [0, 0.1) is 13.8 Å². The molecule has 138 valence electrons. The van der Waals surface area contributed by atoms with Gasteiger partial charge >= 0.3 is 6.01 Å². The summed E-state index contributed by atoms with van der Waals surface area (Å²) < 4.78 is 10.8. The van der Waals surface area contributed by atoms with Crippen LogP contribution >= 0.6 is 0 Å². The van der Waals surface area contributed by atoms with Gasteiger partial charge in [-0.1, -0.05) is 12.1 Å². The minimum atomic E-state index is -0.0912. The summed E-state index contributed by atoms with van der Waals surface area (Å²) in [6.45, 7) is 3.78. The van der Waals surface area contributed by atoms with Crippen LogP contribution in [0.5, 0.6) is 17.5 Å². The third kappa shape index (κ3) is 5.28. The minimum Gasteiger partial charge on any atom is -0.497 e. The molecule has 0 aliphatic carbocycles. The summed E-state index contributed by atoms with van der Waals surface area (Å²) in [5.74, 6) is 1.28. The number of carbonyl (C=O) groups excluding carboxylic acids is 1. The maximum atomic E-state index is 12.2. The van der Waals surface area contributed by atoms with Gasteiger partial charge in [-0.25, -0.2) is 9.97 Å². The molecular weight excluding hydrogens is 342 g/mol. The van der Waals surface area contributed by atoms with Crippen molar-refractivity contribution >= 4 is 11.6 Å². The molecule has 0 aliphatic rings. The zero-order chi connectivity index (χ0) is 19.2. The number of aromatic nitrogens is 2. The van der Waals surface area contributed by atoms with Gasteiger partial charge in [-0.2, -0.15) is 0 Å². The number of benzene rings is 2. The fourth-order valence-electron chi connectivity index (χ4n) is 2.58. The van der Waals surface area contributed by atoms with Crippen molar-refractivity contribution in [2.24, 2.45) is 0 Å². The fourth-order valence-corrected chi connectivity index (χ4v) is 2.58. The number of amides is 1. The summed E-state index contributed by atoms with van der Waals surface area (Å²) >= 11 is 0. The summed E-state index contributed by atoms with van der Waals surface area (Å²) in [5.41, 5.74) is 3.31. The normalized spacial score (nSPS) is 10.3. The molecule has 0 saturated carbocycles. The Balaban J connectivity index is 1.58. The highest BCUT2D eigenvalue weighted by molar-refractivity contribution is 5.92. The highest BCUT2D eigenvalue weighted by Crippen LogP contribution is 2.21. The van der Waals surface area contributed by atoms with Crippen molar-refractivity contribution in [3.05, 3.63) is 71.5 Å². The van der Waals surface area contributed by atoms with E-state index in [1.807, 2.05) is 44.2 Å². The molecular formula is C21H21N3O3. The van der Waals surface area contributed by atoms with E-state index in [1.54, 1.807) is 31.4 Å². The van der Waals surface area contributed by atoms with Gasteiger partial charge < -0.3 is 14.8 Å². The maximum Gasteiger partial charge on any atom is 0.322 e. The van der Waals surface area contributed by atoms with Crippen molar-refractivity contribution in [3.8, 4) is 17.5 Å². The number of aryl methyl sites for hydroxylation is 2. The Bertz CT molecular complexity index is 902. The van der Waals surface area contributed by atoms with E-state index in [0.717, 1.165) is 22.7 Å². The van der Waals surface area contributed by atoms with Crippen LogP contribution in [0.3, 0.4) is 0 Å². The molecule has 0 unspecified atom stereocenters. The van der Waals surface area contributed by atoms with E-state index in [0.29, 0.717) is 23.9 Å². The Kier molecular flexibility index (Phi) is 5.66. The number of nitrogens with zero attached hydrogens (tertiary/aromatic N) is 2. The lowest BCUT2D eigenvalue weighted by Gasteiger charge is -2.08. The standard InChI is InChI=1S/C21H21N3O3/c1-14-12-15(2)23-21(22-14)27-19-10-6-17(7-11-19)24-20(25)13-16-4-8-18(26-3)9-5-16/h4-12H,13H2,1-3H3,(H,24,25). The molecule has 0 fully saturated rings. The van der Waals surface area contributed by atoms with Crippen molar-refractivity contribution < 1.29 is 14.3 Å². The molecule has 3 aromatic rings. The number of ether oxygens (including phenoxy) is 2. The van der Waals surface area contributed by atoms with Crippen molar-refractivity contribution in [1.29, 1.82) is 0 Å². The Morgan fingerprint density at radius 2 is 1.52 bits per heavy atom. The Hall–Kier alpha value is -3.41. The van der Waals surface area contributed by atoms with Crippen LogP contribution < -0.4 is 14.8 Å². The summed E-state index contributed by atoms with van der Waals surface area (Å²) in [4.78, 5) is 20.7. The van der Waals surface area contributed by atoms with E-state index in [2.05, 4.69) is 15.3 Å². The average molecular weight is 363 g/mol. The number of carbonyl (C=O) groups is 1. The third-order valence-electron chi connectivity index (χ3n) is 3.83. The highest BCUT2D eigenvalue weighted by Gasteiger charge is 2.06. The van der Waals surface area contributed by atoms with Crippen LogP contribution in [-0.4, -0.2) is 23.0 Å². The number of rotatable bonds is 6. The molecule has 6 heteroatoms. The van der Waals surface area contributed by atoms with Crippen molar-refractivity contribution in [3.63, 3.8) is 0 Å². The number of nitrogens with one attached hydrogen (secondary N) is 1. The van der Waals surface area contributed by atoms with E-state index in [-0.39, 0.29) is 5.91 Å². The molecule has 0 radical (unpaired) electrons. The summed E-state index contributed by atoms with van der Waals surface area (Å²) in [6, 6.07) is 16.7. The quantitative estimate of drug-likeness (QED) is 0.714. The second-order valence-electron chi connectivity index (χ2n) is 6.13. The first-order chi connectivity index (χ1) is 13.0. The minimum absolute atomic E-state index is 0.0912. The summed E-state index contributed by atoms with van der Waals surface area (Å²) in [6.07, 6.45) is 0.290. The SMILES string of the molecule is COc1ccc(CC(=O)Nc2ccc(Oc3nc(C)cc(C)n3)cc2)cc1. The van der Waals surface area contributed by atoms with Gasteiger partial charge in [0, 0.05) is 17.1 Å². The van der Waals surface area contributed by atoms with Gasteiger partial charge in [0.2, 0.25) is 5.91 Å². The Morgan fingerprint density at radius 1 is 0.926 bits per heavy atom. The van der Waals surface area contributed by atoms with E-state index in [4.69, 9.17) is 9.47 Å². The van der Waals surface area contributed by atoms with Gasteiger partial charge in [0.25, 0.3) is 0 Å². The lowest BCUT2D eigenvalue weighted by atomic mass is 10.1. The first-order valence-electron chi connectivity index (χ1n) is 8.55. The largest absolute Gasteiger partial charge is 0.497 e. The number of hydrogen-bond donors (Lipinski definition) is 1. The fraction of sp³-hybridized carbons (Fsp3) is 0.190. The van der Waals surface area contributed by atoms with Crippen LogP contribution in [0.25, 0.3) is 0 Å². The zero-order valence-electron chi connectivity index (χ0n) is 15.5. The van der Waals surface area contributed by atoms with Crippen LogP contribution in [0.2, 0.25) is 0 Å². The van der Waals surface area contributed by atoms with E-state index in [1.165, 1.54) is 0 Å². The topological polar surface area (TPSA) is 73.3 Å². The molecule has 1 heterocycles. The predicted molar refractivity (Wildman–Crippen MR) is 103 cm³/mol. The van der Waals surface area contributed by atoms with Crippen LogP contribution in [0.1, 0.15) is 17.0 Å². The molecule has 3 rings (SSSR count). The molecule has 1 amide bonds. The molecule has 27 heavy (non-hydrogen) atoms. The monoisotopic (exact) mass is 363 g/mol. The van der Waals surface area contributed by atoms with E-state index in [9.17, 15) is 4.79 Å². The molecule has 0 bridgehead atoms. The highest BCUT2D eigenvalue weighted by atomic mass is 16.5. The van der Waals surface area contributed by atoms with E-state index < -0.39 is 0 Å². The van der Waals surface area contributed by atoms with Gasteiger partial charge in [-0.15, -0.1) is 0 Å². The molecule has 0 atom stereocenters. The average Bonchev–Trinajstić information content (AvgIpc) is 2.63. The maximum absolute atomic E-state index is 12.2. The van der Waals surface area contributed by atoms with Crippen LogP contribution in [-0.2, 0) is 11.2 Å². The number of anilines is 1. The number of methoxy groups -OCH3 is 1. The van der Waals surface area contributed by atoms with Gasteiger partial charge in [0.05, 0.1) is 13.5 Å². The van der Waals surface area contributed by atoms with Gasteiger partial charge in [-0.3, -0.25) is 4.79 Å². The van der Waals surface area contributed by atoms with Crippen molar-refractivity contribution in [2.45, 2.75) is 20.3 Å². The van der Waals surface area contributed by atoms with Gasteiger partial charge in [0.1, 0.15) is 11.5 Å². The summed E-state index contributed by atoms with van der Waals surface area (Å²) in [5, 5.41) is 2.87. The molecule has 0 aliphatic heterocycles. The van der Waals surface area contributed by atoms with Crippen LogP contribution in [0.4, 0.5) is 5.69 Å². The molecule has 1 N–H and O–H groups in total. The molecule has 2 aromatic carbocycles. The molecule has 0 saturated heterocycles. The van der Waals surface area contributed by atoms with Crippen LogP contribution in [0.15, 0.2) is 54.6 Å². The van der Waals surface area contributed by atoms with Gasteiger partial charge in [-0.05, 0) is 61.9 Å². The summed E-state index contributed by atoms with van der Waals surface area (Å²) in [7, 11) is 1.61. The Labute approximate surface area is 158 Å². The second kappa shape index (κ2) is 8.31. The third-order valence-corrected chi connectivity index (χ3v) is 3.83. The van der Waals surface area contributed by atoms with Crippen molar-refractivity contribution in [2.75, 3.05) is 12.4 Å². The lowest BCUT2D eigenvalue weighted by molar-refractivity contribution is -0.115.